The predicted octanol–water partition coefficient (Wildman–Crippen LogP) is 2.45. The normalized spacial score (nSPS) is 29.9. The number of hydrogen-bond acceptors (Lipinski definition) is 4. The third-order valence-corrected chi connectivity index (χ3v) is 5.85. The molecule has 0 spiro atoms. The molecule has 0 unspecified atom stereocenters. The van der Waals surface area contributed by atoms with Crippen molar-refractivity contribution in [1.29, 1.82) is 0 Å². The maximum atomic E-state index is 13.4. The summed E-state index contributed by atoms with van der Waals surface area (Å²) in [4.78, 5) is 33.8. The van der Waals surface area contributed by atoms with Gasteiger partial charge in [0.25, 0.3) is 5.91 Å². The Morgan fingerprint density at radius 3 is 2.89 bits per heavy atom. The van der Waals surface area contributed by atoms with Gasteiger partial charge in [0, 0.05) is 36.4 Å². The minimum atomic E-state index is -0.517. The molecule has 2 N–H and O–H groups in total. The largest absolute Gasteiger partial charge is 0.326 e. The van der Waals surface area contributed by atoms with Crippen LogP contribution in [0.3, 0.4) is 0 Å². The van der Waals surface area contributed by atoms with Crippen LogP contribution in [0.2, 0.25) is 0 Å². The Morgan fingerprint density at radius 1 is 1.25 bits per heavy atom. The fourth-order valence-corrected chi connectivity index (χ4v) is 4.53. The molecule has 0 aliphatic carbocycles. The number of nitrogens with zero attached hydrogens (tertiary/aromatic N) is 3. The first-order valence-corrected chi connectivity index (χ1v) is 9.91. The van der Waals surface area contributed by atoms with Crippen LogP contribution in [0, 0.1) is 5.92 Å². The van der Waals surface area contributed by atoms with E-state index in [0.717, 1.165) is 24.0 Å². The van der Waals surface area contributed by atoms with Crippen LogP contribution < -0.4 is 5.73 Å². The van der Waals surface area contributed by atoms with Crippen molar-refractivity contribution in [3.05, 3.63) is 60.7 Å². The number of carbonyl (C=O) groups is 2. The average molecular weight is 378 g/mol. The van der Waals surface area contributed by atoms with Gasteiger partial charge in [-0.1, -0.05) is 25.1 Å². The molecule has 2 fully saturated rings. The van der Waals surface area contributed by atoms with Crippen molar-refractivity contribution in [2.75, 3.05) is 0 Å². The van der Waals surface area contributed by atoms with Crippen molar-refractivity contribution in [3.8, 4) is 0 Å². The maximum absolute atomic E-state index is 13.4. The second-order valence-corrected chi connectivity index (χ2v) is 7.95. The van der Waals surface area contributed by atoms with Crippen molar-refractivity contribution in [1.82, 2.24) is 14.8 Å². The van der Waals surface area contributed by atoms with Crippen LogP contribution in [-0.4, -0.2) is 44.7 Å². The number of carbonyl (C=O) groups excluding carboxylic acids is 2. The maximum Gasteiger partial charge on any atom is 0.253 e. The Bertz CT molecular complexity index is 845. The van der Waals surface area contributed by atoms with E-state index in [2.05, 4.69) is 11.9 Å². The fourth-order valence-electron chi connectivity index (χ4n) is 4.53. The highest BCUT2D eigenvalue weighted by atomic mass is 16.2. The Morgan fingerprint density at radius 2 is 2.11 bits per heavy atom. The number of hydrogen-bond donors (Lipinski definition) is 1. The van der Waals surface area contributed by atoms with Crippen LogP contribution in [0.5, 0.6) is 0 Å². The van der Waals surface area contributed by atoms with Gasteiger partial charge in [-0.05, 0) is 49.3 Å². The third-order valence-electron chi connectivity index (χ3n) is 5.85. The van der Waals surface area contributed by atoms with E-state index in [1.165, 1.54) is 0 Å². The number of pyridine rings is 1. The van der Waals surface area contributed by atoms with Gasteiger partial charge in [-0.15, -0.1) is 0 Å². The second-order valence-electron chi connectivity index (χ2n) is 7.95. The molecule has 0 saturated carbocycles. The van der Waals surface area contributed by atoms with Crippen molar-refractivity contribution >= 4 is 17.4 Å². The number of amides is 2. The molecule has 28 heavy (non-hydrogen) atoms. The van der Waals surface area contributed by atoms with Crippen molar-refractivity contribution in [2.24, 2.45) is 11.7 Å². The van der Waals surface area contributed by atoms with E-state index in [-0.39, 0.29) is 17.9 Å². The first kappa shape index (κ1) is 18.6. The lowest BCUT2D eigenvalue weighted by Gasteiger charge is -2.31. The Hall–Kier alpha value is -2.73. The van der Waals surface area contributed by atoms with Crippen molar-refractivity contribution in [3.63, 3.8) is 0 Å². The molecule has 146 valence electrons. The summed E-state index contributed by atoms with van der Waals surface area (Å²) in [5, 5.41) is 0. The van der Waals surface area contributed by atoms with Crippen LogP contribution in [0.25, 0.3) is 5.57 Å². The van der Waals surface area contributed by atoms with Gasteiger partial charge in [0.05, 0.1) is 6.04 Å². The smallest absolute Gasteiger partial charge is 0.253 e. The molecular formula is C22H26N4O2. The number of fused-ring (bicyclic) bond motifs is 1. The summed E-state index contributed by atoms with van der Waals surface area (Å²) in [5.74, 6) is 0.222. The van der Waals surface area contributed by atoms with Crippen LogP contribution in [-0.2, 0) is 9.59 Å². The molecule has 4 atom stereocenters. The van der Waals surface area contributed by atoms with E-state index in [1.807, 2.05) is 36.6 Å². The summed E-state index contributed by atoms with van der Waals surface area (Å²) in [6, 6.07) is 2.97. The zero-order chi connectivity index (χ0) is 19.7. The lowest BCUT2D eigenvalue weighted by atomic mass is 9.96. The van der Waals surface area contributed by atoms with Crippen LogP contribution >= 0.6 is 0 Å². The van der Waals surface area contributed by atoms with E-state index < -0.39 is 12.1 Å². The van der Waals surface area contributed by atoms with Crippen molar-refractivity contribution in [2.45, 2.75) is 50.7 Å². The predicted molar refractivity (Wildman–Crippen MR) is 107 cm³/mol. The summed E-state index contributed by atoms with van der Waals surface area (Å²) in [6.45, 7) is 2.14. The van der Waals surface area contributed by atoms with Crippen LogP contribution in [0.4, 0.5) is 0 Å². The van der Waals surface area contributed by atoms with E-state index in [0.29, 0.717) is 18.8 Å². The summed E-state index contributed by atoms with van der Waals surface area (Å²) >= 11 is 0. The second kappa shape index (κ2) is 7.72. The Labute approximate surface area is 165 Å². The number of nitrogens with two attached hydrogens (primary N) is 1. The van der Waals surface area contributed by atoms with Gasteiger partial charge in [-0.3, -0.25) is 19.5 Å². The minimum absolute atomic E-state index is 0.0843. The molecule has 6 heteroatoms. The highest BCUT2D eigenvalue weighted by molar-refractivity contribution is 5.92. The lowest BCUT2D eigenvalue weighted by molar-refractivity contribution is -0.143. The molecule has 4 heterocycles. The number of rotatable bonds is 2. The molecule has 1 aromatic heterocycles. The molecule has 4 rings (SSSR count). The van der Waals surface area contributed by atoms with Crippen molar-refractivity contribution < 1.29 is 9.59 Å². The molecule has 0 bridgehead atoms. The van der Waals surface area contributed by atoms with E-state index in [4.69, 9.17) is 5.73 Å². The van der Waals surface area contributed by atoms with Gasteiger partial charge in [-0.2, -0.15) is 0 Å². The number of allylic oxidation sites excluding steroid dienone is 4. The molecule has 2 saturated heterocycles. The minimum Gasteiger partial charge on any atom is -0.326 e. The number of aromatic nitrogens is 1. The van der Waals surface area contributed by atoms with Crippen LogP contribution in [0.1, 0.15) is 38.2 Å². The molecular weight excluding hydrogens is 352 g/mol. The average Bonchev–Trinajstić information content (AvgIpc) is 2.88. The molecule has 0 aromatic carbocycles. The standard InChI is InChI=1S/C22H26N4O2/c1-15-11-18-7-8-20(26(18)21(27)19(23)12-15)22(28)25-10-3-2-5-17(14-25)16-6-4-9-24-13-16/h2-6,9-10,13-15,18-20H,7-8,11-12,23H2,1H3/t15-,18-,19+,20+/m1/s1. The summed E-state index contributed by atoms with van der Waals surface area (Å²) in [6.07, 6.45) is 15.9. The quantitative estimate of drug-likeness (QED) is 0.857. The molecule has 3 aliphatic rings. The zero-order valence-electron chi connectivity index (χ0n) is 16.1. The third kappa shape index (κ3) is 3.52. The fraction of sp³-hybridized carbons (Fsp3) is 0.409. The first-order chi connectivity index (χ1) is 13.5. The summed E-state index contributed by atoms with van der Waals surface area (Å²) < 4.78 is 0. The van der Waals surface area contributed by atoms with E-state index >= 15 is 0 Å². The van der Waals surface area contributed by atoms with Gasteiger partial charge in [0.2, 0.25) is 5.91 Å². The van der Waals surface area contributed by atoms with Gasteiger partial charge >= 0.3 is 0 Å². The SMILES string of the molecule is C[C@@H]1C[C@H]2CC[C@@H](C(=O)N3C=CC=CC(c4cccnc4)=C3)N2C(=O)[C@@H](N)C1. The van der Waals surface area contributed by atoms with Gasteiger partial charge in [0.1, 0.15) is 6.04 Å². The zero-order valence-corrected chi connectivity index (χ0v) is 16.1. The Kier molecular flexibility index (Phi) is 5.13. The monoisotopic (exact) mass is 378 g/mol. The molecule has 0 radical (unpaired) electrons. The highest BCUT2D eigenvalue weighted by Gasteiger charge is 2.45. The molecule has 1 aromatic rings. The van der Waals surface area contributed by atoms with Gasteiger partial charge in [0.15, 0.2) is 0 Å². The first-order valence-electron chi connectivity index (χ1n) is 9.91. The molecule has 6 nitrogen and oxygen atoms in total. The van der Waals surface area contributed by atoms with Gasteiger partial charge in [-0.25, -0.2) is 0 Å². The lowest BCUT2D eigenvalue weighted by Crippen LogP contribution is -2.52. The van der Waals surface area contributed by atoms with Crippen LogP contribution in [0.15, 0.2) is 55.2 Å². The Balaban J connectivity index is 1.61. The topological polar surface area (TPSA) is 79.5 Å². The van der Waals surface area contributed by atoms with E-state index in [1.54, 1.807) is 28.4 Å². The molecule has 2 amide bonds. The summed E-state index contributed by atoms with van der Waals surface area (Å²) in [5.41, 5.74) is 7.96. The highest BCUT2D eigenvalue weighted by Crippen LogP contribution is 2.34. The summed E-state index contributed by atoms with van der Waals surface area (Å²) in [7, 11) is 0. The van der Waals surface area contributed by atoms with Gasteiger partial charge < -0.3 is 10.6 Å². The molecule has 3 aliphatic heterocycles. The van der Waals surface area contributed by atoms with E-state index in [9.17, 15) is 9.59 Å².